The average Bonchev–Trinajstić information content (AvgIpc) is 3.06. The van der Waals surface area contributed by atoms with E-state index < -0.39 is 0 Å². The molecule has 0 saturated carbocycles. The quantitative estimate of drug-likeness (QED) is 0.706. The number of nitrogens with zero attached hydrogens (tertiary/aromatic N) is 3. The van der Waals surface area contributed by atoms with Crippen LogP contribution in [0.15, 0.2) is 24.5 Å². The number of rotatable bonds is 5. The number of aromatic nitrogens is 3. The molecule has 0 bridgehead atoms. The largest absolute Gasteiger partial charge is 0.396 e. The first-order valence-electron chi connectivity index (χ1n) is 9.43. The van der Waals surface area contributed by atoms with E-state index in [1.54, 1.807) is 23.7 Å². The van der Waals surface area contributed by atoms with Gasteiger partial charge in [0.2, 0.25) is 0 Å². The molecule has 1 saturated heterocycles. The standard InChI is InChI=1S/C20H22N4O2S/c25-10-20(11-26-12-20)9-22-18-16-14-5-1-2-6-15(14)27-19(16)24-17(23-18)13-4-3-7-21-8-13/h3-4,7-8,25H,1-2,5-6,9-12H2,(H,22,23,24). The highest BCUT2D eigenvalue weighted by atomic mass is 32.1. The summed E-state index contributed by atoms with van der Waals surface area (Å²) in [5.74, 6) is 1.57. The van der Waals surface area contributed by atoms with E-state index in [0.717, 1.165) is 34.4 Å². The molecule has 0 aromatic carbocycles. The van der Waals surface area contributed by atoms with Crippen molar-refractivity contribution in [2.75, 3.05) is 31.7 Å². The zero-order valence-corrected chi connectivity index (χ0v) is 15.9. The van der Waals surface area contributed by atoms with Crippen LogP contribution in [-0.4, -0.2) is 46.4 Å². The fourth-order valence-electron chi connectivity index (χ4n) is 3.82. The average molecular weight is 382 g/mol. The topological polar surface area (TPSA) is 80.2 Å². The maximum absolute atomic E-state index is 9.75. The maximum Gasteiger partial charge on any atom is 0.164 e. The van der Waals surface area contributed by atoms with Crippen LogP contribution in [0.1, 0.15) is 23.3 Å². The number of nitrogens with one attached hydrogen (secondary N) is 1. The molecule has 1 fully saturated rings. The van der Waals surface area contributed by atoms with Gasteiger partial charge in [0.25, 0.3) is 0 Å². The zero-order chi connectivity index (χ0) is 18.3. The van der Waals surface area contributed by atoms with Gasteiger partial charge in [0, 0.05) is 29.4 Å². The van der Waals surface area contributed by atoms with Crippen molar-refractivity contribution in [3.8, 4) is 11.4 Å². The lowest BCUT2D eigenvalue weighted by Gasteiger charge is -2.40. The van der Waals surface area contributed by atoms with E-state index in [1.165, 1.54) is 23.3 Å². The smallest absolute Gasteiger partial charge is 0.164 e. The highest BCUT2D eigenvalue weighted by molar-refractivity contribution is 7.19. The van der Waals surface area contributed by atoms with E-state index in [1.807, 2.05) is 12.1 Å². The number of pyridine rings is 1. The van der Waals surface area contributed by atoms with Crippen molar-refractivity contribution in [2.24, 2.45) is 5.41 Å². The van der Waals surface area contributed by atoms with Gasteiger partial charge in [-0.05, 0) is 43.4 Å². The second-order valence-electron chi connectivity index (χ2n) is 7.53. The lowest BCUT2D eigenvalue weighted by Crippen LogP contribution is -2.50. The SMILES string of the molecule is OCC1(CNc2nc(-c3cccnc3)nc3sc4c(c23)CCCC4)COC1. The second-order valence-corrected chi connectivity index (χ2v) is 8.62. The van der Waals surface area contributed by atoms with Crippen LogP contribution in [0.2, 0.25) is 0 Å². The van der Waals surface area contributed by atoms with E-state index in [2.05, 4.69) is 10.3 Å². The molecule has 0 unspecified atom stereocenters. The van der Waals surface area contributed by atoms with Gasteiger partial charge in [-0.25, -0.2) is 9.97 Å². The summed E-state index contributed by atoms with van der Waals surface area (Å²) in [6.45, 7) is 1.93. The van der Waals surface area contributed by atoms with Crippen molar-refractivity contribution >= 4 is 27.4 Å². The fraction of sp³-hybridized carbons (Fsp3) is 0.450. The number of thiophene rings is 1. The van der Waals surface area contributed by atoms with Crippen LogP contribution < -0.4 is 5.32 Å². The molecule has 1 aliphatic heterocycles. The molecule has 6 nitrogen and oxygen atoms in total. The monoisotopic (exact) mass is 382 g/mol. The number of aliphatic hydroxyl groups is 1. The molecule has 4 heterocycles. The molecule has 0 radical (unpaired) electrons. The molecule has 0 amide bonds. The van der Waals surface area contributed by atoms with Crippen LogP contribution >= 0.6 is 11.3 Å². The van der Waals surface area contributed by atoms with Crippen molar-refractivity contribution in [3.05, 3.63) is 35.0 Å². The summed E-state index contributed by atoms with van der Waals surface area (Å²) in [6.07, 6.45) is 8.24. The van der Waals surface area contributed by atoms with Crippen LogP contribution in [0.5, 0.6) is 0 Å². The fourth-order valence-corrected chi connectivity index (χ4v) is 5.08. The predicted molar refractivity (Wildman–Crippen MR) is 106 cm³/mol. The van der Waals surface area contributed by atoms with Gasteiger partial charge in [0.1, 0.15) is 10.6 Å². The van der Waals surface area contributed by atoms with Crippen molar-refractivity contribution in [2.45, 2.75) is 25.7 Å². The van der Waals surface area contributed by atoms with Crippen LogP contribution in [0.4, 0.5) is 5.82 Å². The summed E-state index contributed by atoms with van der Waals surface area (Å²) >= 11 is 1.80. The first-order valence-corrected chi connectivity index (χ1v) is 10.2. The summed E-state index contributed by atoms with van der Waals surface area (Å²) in [7, 11) is 0. The molecular formula is C20H22N4O2S. The number of anilines is 1. The molecule has 1 aliphatic carbocycles. The highest BCUT2D eigenvalue weighted by Crippen LogP contribution is 2.40. The number of hydrogen-bond donors (Lipinski definition) is 2. The van der Waals surface area contributed by atoms with Gasteiger partial charge in [-0.2, -0.15) is 0 Å². The van der Waals surface area contributed by atoms with Crippen molar-refractivity contribution in [1.29, 1.82) is 0 Å². The van der Waals surface area contributed by atoms with E-state index in [4.69, 9.17) is 14.7 Å². The number of aliphatic hydroxyl groups excluding tert-OH is 1. The number of hydrogen-bond acceptors (Lipinski definition) is 7. The van der Waals surface area contributed by atoms with Gasteiger partial charge >= 0.3 is 0 Å². The number of fused-ring (bicyclic) bond motifs is 3. The Morgan fingerprint density at radius 2 is 2.11 bits per heavy atom. The molecule has 27 heavy (non-hydrogen) atoms. The molecule has 5 rings (SSSR count). The molecule has 0 atom stereocenters. The third-order valence-electron chi connectivity index (χ3n) is 5.52. The van der Waals surface area contributed by atoms with E-state index >= 15 is 0 Å². The molecule has 2 N–H and O–H groups in total. The van der Waals surface area contributed by atoms with Crippen LogP contribution in [0.25, 0.3) is 21.6 Å². The first kappa shape index (κ1) is 17.0. The molecule has 7 heteroatoms. The van der Waals surface area contributed by atoms with Gasteiger partial charge in [-0.15, -0.1) is 11.3 Å². The summed E-state index contributed by atoms with van der Waals surface area (Å²) < 4.78 is 5.33. The van der Waals surface area contributed by atoms with Crippen molar-refractivity contribution < 1.29 is 9.84 Å². The van der Waals surface area contributed by atoms with Gasteiger partial charge in [-0.1, -0.05) is 0 Å². The Morgan fingerprint density at radius 1 is 1.22 bits per heavy atom. The minimum absolute atomic E-state index is 0.117. The Bertz CT molecular complexity index is 964. The third-order valence-corrected chi connectivity index (χ3v) is 6.70. The van der Waals surface area contributed by atoms with E-state index in [-0.39, 0.29) is 12.0 Å². The predicted octanol–water partition coefficient (Wildman–Crippen LogP) is 3.05. The maximum atomic E-state index is 9.75. The molecule has 2 aliphatic rings. The zero-order valence-electron chi connectivity index (χ0n) is 15.1. The molecule has 3 aromatic rings. The lowest BCUT2D eigenvalue weighted by molar-refractivity contribution is -0.128. The minimum Gasteiger partial charge on any atom is -0.396 e. The van der Waals surface area contributed by atoms with Gasteiger partial charge < -0.3 is 15.2 Å². The number of aryl methyl sites for hydroxylation is 2. The first-order chi connectivity index (χ1) is 13.3. The van der Waals surface area contributed by atoms with Crippen molar-refractivity contribution in [1.82, 2.24) is 15.0 Å². The molecule has 3 aromatic heterocycles. The minimum atomic E-state index is -0.207. The van der Waals surface area contributed by atoms with Crippen LogP contribution in [0.3, 0.4) is 0 Å². The summed E-state index contributed by atoms with van der Waals surface area (Å²) in [5, 5.41) is 14.4. The Hall–Kier alpha value is -2.09. The van der Waals surface area contributed by atoms with Crippen molar-refractivity contribution in [3.63, 3.8) is 0 Å². The second kappa shape index (κ2) is 6.82. The van der Waals surface area contributed by atoms with Gasteiger partial charge in [0.05, 0.1) is 30.6 Å². The Labute approximate surface area is 161 Å². The Kier molecular flexibility index (Phi) is 4.30. The Balaban J connectivity index is 1.60. The van der Waals surface area contributed by atoms with Gasteiger partial charge in [0.15, 0.2) is 5.82 Å². The molecule has 140 valence electrons. The summed E-state index contributed by atoms with van der Waals surface area (Å²) in [4.78, 5) is 16.4. The van der Waals surface area contributed by atoms with E-state index in [0.29, 0.717) is 25.6 Å². The summed E-state index contributed by atoms with van der Waals surface area (Å²) in [5.41, 5.74) is 2.11. The van der Waals surface area contributed by atoms with E-state index in [9.17, 15) is 5.11 Å². The lowest BCUT2D eigenvalue weighted by atomic mass is 9.87. The Morgan fingerprint density at radius 3 is 2.85 bits per heavy atom. The summed E-state index contributed by atoms with van der Waals surface area (Å²) in [6, 6.07) is 3.89. The molecular weight excluding hydrogens is 360 g/mol. The van der Waals surface area contributed by atoms with Crippen LogP contribution in [-0.2, 0) is 17.6 Å². The normalized spacial score (nSPS) is 18.1. The van der Waals surface area contributed by atoms with Gasteiger partial charge in [-0.3, -0.25) is 4.98 Å². The third kappa shape index (κ3) is 2.99. The van der Waals surface area contributed by atoms with Crippen LogP contribution in [0, 0.1) is 5.41 Å². The molecule has 0 spiro atoms. The number of ether oxygens (including phenoxy) is 1. The highest BCUT2D eigenvalue weighted by Gasteiger charge is 2.38.